The third-order valence-electron chi connectivity index (χ3n) is 3.95. The van der Waals surface area contributed by atoms with E-state index in [9.17, 15) is 9.59 Å². The van der Waals surface area contributed by atoms with E-state index in [1.165, 1.54) is 7.11 Å². The van der Waals surface area contributed by atoms with Gasteiger partial charge in [0.15, 0.2) is 0 Å². The largest absolute Gasteiger partial charge is 0.465 e. The van der Waals surface area contributed by atoms with Gasteiger partial charge in [0, 0.05) is 31.4 Å². The van der Waals surface area contributed by atoms with Crippen molar-refractivity contribution in [3.63, 3.8) is 0 Å². The molecule has 1 aromatic rings. The first kappa shape index (κ1) is 19.3. The van der Waals surface area contributed by atoms with Gasteiger partial charge in [0.25, 0.3) is 0 Å². The quantitative estimate of drug-likeness (QED) is 0.838. The van der Waals surface area contributed by atoms with E-state index in [1.807, 2.05) is 24.0 Å². The van der Waals surface area contributed by atoms with Crippen molar-refractivity contribution < 1.29 is 14.3 Å². The van der Waals surface area contributed by atoms with Crippen molar-refractivity contribution in [2.24, 2.45) is 5.73 Å². The van der Waals surface area contributed by atoms with Crippen LogP contribution < -0.4 is 10.6 Å². The van der Waals surface area contributed by atoms with Crippen LogP contribution in [0, 0.1) is 0 Å². The number of esters is 1. The Hall–Kier alpha value is -1.79. The van der Waals surface area contributed by atoms with Crippen LogP contribution in [0.4, 0.5) is 5.69 Å². The second-order valence-corrected chi connectivity index (χ2v) is 5.65. The fraction of sp³-hybridized carbons (Fsp3) is 0.500. The fourth-order valence-corrected chi connectivity index (χ4v) is 2.71. The number of piperazine rings is 1. The molecule has 7 heteroatoms. The summed E-state index contributed by atoms with van der Waals surface area (Å²) in [5.74, 6) is -0.347. The van der Waals surface area contributed by atoms with Crippen molar-refractivity contribution in [1.29, 1.82) is 0 Å². The van der Waals surface area contributed by atoms with Crippen molar-refractivity contribution in [2.75, 3.05) is 31.6 Å². The number of halogens is 1. The second-order valence-electron chi connectivity index (χ2n) is 5.65. The van der Waals surface area contributed by atoms with E-state index in [0.29, 0.717) is 12.1 Å². The number of ether oxygens (including phenoxy) is 1. The van der Waals surface area contributed by atoms with Gasteiger partial charge in [-0.25, -0.2) is 4.79 Å². The molecule has 2 N–H and O–H groups in total. The lowest BCUT2D eigenvalue weighted by atomic mass is 10.1. The Morgan fingerprint density at radius 3 is 2.35 bits per heavy atom. The van der Waals surface area contributed by atoms with Gasteiger partial charge in [0.1, 0.15) is 0 Å². The van der Waals surface area contributed by atoms with Crippen LogP contribution >= 0.6 is 12.4 Å². The smallest absolute Gasteiger partial charge is 0.337 e. The minimum absolute atomic E-state index is 0. The molecule has 1 amide bonds. The molecule has 1 aliphatic rings. The zero-order valence-corrected chi connectivity index (χ0v) is 14.5. The highest BCUT2D eigenvalue weighted by atomic mass is 35.5. The number of nitrogens with zero attached hydrogens (tertiary/aromatic N) is 2. The molecule has 6 nitrogen and oxygen atoms in total. The van der Waals surface area contributed by atoms with Crippen molar-refractivity contribution in [2.45, 2.75) is 25.9 Å². The van der Waals surface area contributed by atoms with Gasteiger partial charge >= 0.3 is 5.97 Å². The molecular formula is C16H24ClN3O3. The van der Waals surface area contributed by atoms with Crippen LogP contribution in [0.3, 0.4) is 0 Å². The Morgan fingerprint density at radius 1 is 1.26 bits per heavy atom. The predicted molar refractivity (Wildman–Crippen MR) is 92.1 cm³/mol. The highest BCUT2D eigenvalue weighted by Crippen LogP contribution is 2.20. The topological polar surface area (TPSA) is 75.9 Å². The van der Waals surface area contributed by atoms with Crippen LogP contribution in [-0.4, -0.2) is 55.6 Å². The molecule has 0 bridgehead atoms. The number of hydrogen-bond acceptors (Lipinski definition) is 5. The molecule has 0 aromatic heterocycles. The van der Waals surface area contributed by atoms with E-state index in [4.69, 9.17) is 10.5 Å². The molecule has 23 heavy (non-hydrogen) atoms. The van der Waals surface area contributed by atoms with Crippen LogP contribution in [0.2, 0.25) is 0 Å². The van der Waals surface area contributed by atoms with Gasteiger partial charge in [-0.2, -0.15) is 0 Å². The minimum atomic E-state index is -0.465. The van der Waals surface area contributed by atoms with Crippen LogP contribution in [0.1, 0.15) is 24.2 Å². The van der Waals surface area contributed by atoms with Crippen molar-refractivity contribution in [3.8, 4) is 0 Å². The number of methoxy groups -OCH3 is 1. The summed E-state index contributed by atoms with van der Waals surface area (Å²) >= 11 is 0. The molecule has 0 radical (unpaired) electrons. The van der Waals surface area contributed by atoms with Crippen LogP contribution in [-0.2, 0) is 9.53 Å². The Morgan fingerprint density at radius 2 is 1.87 bits per heavy atom. The molecular weight excluding hydrogens is 318 g/mol. The lowest BCUT2D eigenvalue weighted by Crippen LogP contribution is -2.57. The number of carbonyl (C=O) groups is 2. The summed E-state index contributed by atoms with van der Waals surface area (Å²) in [6.07, 6.45) is 0. The standard InChI is InChI=1S/C16H23N3O3.ClH/c1-11-10-18(8-9-19(11)15(20)12(2)17)14-6-4-13(5-7-14)16(21)22-3;/h4-7,11-12H,8-10,17H2,1-3H3;1H/t11?,12-;/m1./s1. The maximum Gasteiger partial charge on any atom is 0.337 e. The molecule has 1 aromatic carbocycles. The molecule has 1 aliphatic heterocycles. The average molecular weight is 342 g/mol. The van der Waals surface area contributed by atoms with Crippen molar-refractivity contribution in [1.82, 2.24) is 4.90 Å². The first-order chi connectivity index (χ1) is 10.4. The van der Waals surface area contributed by atoms with E-state index in [0.717, 1.165) is 18.8 Å². The molecule has 2 rings (SSSR count). The number of hydrogen-bond donors (Lipinski definition) is 1. The summed E-state index contributed by atoms with van der Waals surface area (Å²) in [6.45, 7) is 5.89. The number of rotatable bonds is 3. The van der Waals surface area contributed by atoms with E-state index in [2.05, 4.69) is 4.90 Å². The van der Waals surface area contributed by atoms with E-state index < -0.39 is 6.04 Å². The number of benzene rings is 1. The van der Waals surface area contributed by atoms with Crippen molar-refractivity contribution in [3.05, 3.63) is 29.8 Å². The average Bonchev–Trinajstić information content (AvgIpc) is 2.53. The summed E-state index contributed by atoms with van der Waals surface area (Å²) in [5.41, 5.74) is 7.25. The zero-order valence-electron chi connectivity index (χ0n) is 13.7. The summed E-state index contributed by atoms with van der Waals surface area (Å²) in [5, 5.41) is 0. The van der Waals surface area contributed by atoms with Crippen molar-refractivity contribution >= 4 is 30.0 Å². The highest BCUT2D eigenvalue weighted by molar-refractivity contribution is 5.89. The first-order valence-corrected chi connectivity index (χ1v) is 7.43. The van der Waals surface area contributed by atoms with Gasteiger partial charge in [-0.1, -0.05) is 0 Å². The highest BCUT2D eigenvalue weighted by Gasteiger charge is 2.28. The molecule has 2 atom stereocenters. The van der Waals surface area contributed by atoms with E-state index in [1.54, 1.807) is 19.1 Å². The Labute approximate surface area is 143 Å². The molecule has 1 heterocycles. The Balaban J connectivity index is 0.00000264. The summed E-state index contributed by atoms with van der Waals surface area (Å²) < 4.78 is 4.69. The maximum absolute atomic E-state index is 12.0. The molecule has 1 unspecified atom stereocenters. The maximum atomic E-state index is 12.0. The normalized spacial score (nSPS) is 18.9. The van der Waals surface area contributed by atoms with Gasteiger partial charge in [-0.3, -0.25) is 4.79 Å². The molecule has 1 saturated heterocycles. The van der Waals surface area contributed by atoms with E-state index >= 15 is 0 Å². The number of amides is 1. The molecule has 128 valence electrons. The summed E-state index contributed by atoms with van der Waals surface area (Å²) in [7, 11) is 1.37. The van der Waals surface area contributed by atoms with Crippen LogP contribution in [0.5, 0.6) is 0 Å². The van der Waals surface area contributed by atoms with Gasteiger partial charge in [-0.05, 0) is 38.1 Å². The lowest BCUT2D eigenvalue weighted by Gasteiger charge is -2.41. The summed E-state index contributed by atoms with van der Waals surface area (Å²) in [6, 6.07) is 6.96. The number of anilines is 1. The van der Waals surface area contributed by atoms with Gasteiger partial charge < -0.3 is 20.3 Å². The number of nitrogens with two attached hydrogens (primary N) is 1. The number of carbonyl (C=O) groups excluding carboxylic acids is 2. The third kappa shape index (κ3) is 4.36. The summed E-state index contributed by atoms with van der Waals surface area (Å²) in [4.78, 5) is 27.5. The predicted octanol–water partition coefficient (Wildman–Crippen LogP) is 1.28. The van der Waals surface area contributed by atoms with Gasteiger partial charge in [0.05, 0.1) is 18.7 Å². The van der Waals surface area contributed by atoms with Crippen LogP contribution in [0.15, 0.2) is 24.3 Å². The first-order valence-electron chi connectivity index (χ1n) is 7.43. The zero-order chi connectivity index (χ0) is 16.3. The lowest BCUT2D eigenvalue weighted by molar-refractivity contribution is -0.134. The van der Waals surface area contributed by atoms with Crippen LogP contribution in [0.25, 0.3) is 0 Å². The Kier molecular flexibility index (Phi) is 6.84. The third-order valence-corrected chi connectivity index (χ3v) is 3.95. The van der Waals surface area contributed by atoms with Gasteiger partial charge in [-0.15, -0.1) is 12.4 Å². The minimum Gasteiger partial charge on any atom is -0.465 e. The molecule has 0 aliphatic carbocycles. The Bertz CT molecular complexity index is 548. The van der Waals surface area contributed by atoms with Gasteiger partial charge in [0.2, 0.25) is 5.91 Å². The molecule has 0 spiro atoms. The molecule has 1 fully saturated rings. The van der Waals surface area contributed by atoms with E-state index in [-0.39, 0.29) is 30.3 Å². The fourth-order valence-electron chi connectivity index (χ4n) is 2.71. The second kappa shape index (κ2) is 8.17. The molecule has 0 saturated carbocycles. The SMILES string of the molecule is COC(=O)c1ccc(N2CCN(C(=O)[C@@H](C)N)C(C)C2)cc1.Cl. The monoisotopic (exact) mass is 341 g/mol.